The first kappa shape index (κ1) is 12.7. The Labute approximate surface area is 119 Å². The molecule has 2 nitrogen and oxygen atoms in total. The second kappa shape index (κ2) is 5.76. The molecule has 3 heteroatoms. The maximum Gasteiger partial charge on any atom is 0.0367 e. The Morgan fingerprint density at radius 2 is 1.95 bits per heavy atom. The molecule has 1 saturated heterocycles. The predicted octanol–water partition coefficient (Wildman–Crippen LogP) is 3.46. The Morgan fingerprint density at radius 1 is 1.11 bits per heavy atom. The van der Waals surface area contributed by atoms with E-state index in [0.717, 1.165) is 26.2 Å². The first-order chi connectivity index (χ1) is 9.33. The normalized spacial score (nSPS) is 20.7. The molecule has 0 unspecified atom stereocenters. The Hall–Kier alpha value is -1.32. The van der Waals surface area contributed by atoms with Crippen LogP contribution in [0.4, 0.5) is 5.69 Å². The molecule has 1 aromatic heterocycles. The SMILES string of the molecule is C[C@H]1CN(c2ccccc2)CCN1Cc1cccs1. The zero-order valence-corrected chi connectivity index (χ0v) is 12.1. The Bertz CT molecular complexity index is 495. The summed E-state index contributed by atoms with van der Waals surface area (Å²) < 4.78 is 0. The molecule has 1 fully saturated rings. The summed E-state index contributed by atoms with van der Waals surface area (Å²) in [6.07, 6.45) is 0. The van der Waals surface area contributed by atoms with Gasteiger partial charge in [-0.05, 0) is 30.5 Å². The molecule has 1 aromatic carbocycles. The van der Waals surface area contributed by atoms with Gasteiger partial charge in [-0.1, -0.05) is 24.3 Å². The van der Waals surface area contributed by atoms with Gasteiger partial charge in [0, 0.05) is 42.8 Å². The van der Waals surface area contributed by atoms with Crippen molar-refractivity contribution in [2.45, 2.75) is 19.5 Å². The first-order valence-electron chi connectivity index (χ1n) is 6.89. The van der Waals surface area contributed by atoms with E-state index >= 15 is 0 Å². The van der Waals surface area contributed by atoms with E-state index in [1.54, 1.807) is 0 Å². The largest absolute Gasteiger partial charge is 0.369 e. The molecule has 19 heavy (non-hydrogen) atoms. The Balaban J connectivity index is 1.63. The minimum absolute atomic E-state index is 0.607. The zero-order chi connectivity index (χ0) is 13.1. The van der Waals surface area contributed by atoms with E-state index in [4.69, 9.17) is 0 Å². The highest BCUT2D eigenvalue weighted by molar-refractivity contribution is 7.09. The van der Waals surface area contributed by atoms with Gasteiger partial charge in [-0.3, -0.25) is 4.90 Å². The van der Waals surface area contributed by atoms with Crippen LogP contribution in [0.5, 0.6) is 0 Å². The van der Waals surface area contributed by atoms with Gasteiger partial charge < -0.3 is 4.90 Å². The fraction of sp³-hybridized carbons (Fsp3) is 0.375. The molecular formula is C16H20N2S. The lowest BCUT2D eigenvalue weighted by atomic mass is 10.1. The molecular weight excluding hydrogens is 252 g/mol. The quantitative estimate of drug-likeness (QED) is 0.844. The van der Waals surface area contributed by atoms with E-state index in [1.165, 1.54) is 10.6 Å². The summed E-state index contributed by atoms with van der Waals surface area (Å²) in [5, 5.41) is 2.17. The van der Waals surface area contributed by atoms with Crippen molar-refractivity contribution in [1.82, 2.24) is 4.90 Å². The van der Waals surface area contributed by atoms with E-state index < -0.39 is 0 Å². The summed E-state index contributed by atoms with van der Waals surface area (Å²) in [7, 11) is 0. The zero-order valence-electron chi connectivity index (χ0n) is 11.3. The van der Waals surface area contributed by atoms with Crippen molar-refractivity contribution in [3.8, 4) is 0 Å². The first-order valence-corrected chi connectivity index (χ1v) is 7.77. The summed E-state index contributed by atoms with van der Waals surface area (Å²) >= 11 is 1.86. The highest BCUT2D eigenvalue weighted by Crippen LogP contribution is 2.21. The highest BCUT2D eigenvalue weighted by atomic mass is 32.1. The van der Waals surface area contributed by atoms with Crippen molar-refractivity contribution >= 4 is 17.0 Å². The van der Waals surface area contributed by atoms with Gasteiger partial charge in [0.15, 0.2) is 0 Å². The maximum absolute atomic E-state index is 2.59. The van der Waals surface area contributed by atoms with E-state index in [1.807, 2.05) is 11.3 Å². The van der Waals surface area contributed by atoms with Gasteiger partial charge in [-0.25, -0.2) is 0 Å². The molecule has 0 saturated carbocycles. The van der Waals surface area contributed by atoms with Crippen LogP contribution in [0, 0.1) is 0 Å². The number of para-hydroxylation sites is 1. The molecule has 0 bridgehead atoms. The van der Waals surface area contributed by atoms with Crippen molar-refractivity contribution in [2.75, 3.05) is 24.5 Å². The number of piperazine rings is 1. The fourth-order valence-corrected chi connectivity index (χ4v) is 3.44. The van der Waals surface area contributed by atoms with Crippen molar-refractivity contribution in [1.29, 1.82) is 0 Å². The third-order valence-corrected chi connectivity index (χ3v) is 4.69. The minimum Gasteiger partial charge on any atom is -0.369 e. The molecule has 2 heterocycles. The summed E-state index contributed by atoms with van der Waals surface area (Å²) in [4.78, 5) is 6.56. The Kier molecular flexibility index (Phi) is 3.85. The third-order valence-electron chi connectivity index (χ3n) is 3.83. The monoisotopic (exact) mass is 272 g/mol. The second-order valence-electron chi connectivity index (χ2n) is 5.18. The number of hydrogen-bond donors (Lipinski definition) is 0. The van der Waals surface area contributed by atoms with Crippen molar-refractivity contribution < 1.29 is 0 Å². The van der Waals surface area contributed by atoms with Gasteiger partial charge in [0.25, 0.3) is 0 Å². The molecule has 1 atom stereocenters. The van der Waals surface area contributed by atoms with Gasteiger partial charge in [0.05, 0.1) is 0 Å². The predicted molar refractivity (Wildman–Crippen MR) is 82.8 cm³/mol. The van der Waals surface area contributed by atoms with Crippen LogP contribution in [-0.2, 0) is 6.54 Å². The molecule has 2 aromatic rings. The molecule has 0 radical (unpaired) electrons. The number of rotatable bonds is 3. The van der Waals surface area contributed by atoms with Crippen LogP contribution >= 0.6 is 11.3 Å². The van der Waals surface area contributed by atoms with Gasteiger partial charge in [0.2, 0.25) is 0 Å². The number of nitrogens with zero attached hydrogens (tertiary/aromatic N) is 2. The van der Waals surface area contributed by atoms with Crippen LogP contribution in [0.15, 0.2) is 47.8 Å². The Morgan fingerprint density at radius 3 is 2.63 bits per heavy atom. The lowest BCUT2D eigenvalue weighted by molar-refractivity contribution is 0.182. The van der Waals surface area contributed by atoms with E-state index in [2.05, 4.69) is 64.6 Å². The molecule has 0 N–H and O–H groups in total. The summed E-state index contributed by atoms with van der Waals surface area (Å²) in [5.74, 6) is 0. The summed E-state index contributed by atoms with van der Waals surface area (Å²) in [6.45, 7) is 6.83. The lowest BCUT2D eigenvalue weighted by Gasteiger charge is -2.40. The van der Waals surface area contributed by atoms with Gasteiger partial charge in [0.1, 0.15) is 0 Å². The van der Waals surface area contributed by atoms with E-state index in [0.29, 0.717) is 6.04 Å². The van der Waals surface area contributed by atoms with Crippen LogP contribution in [0.25, 0.3) is 0 Å². The van der Waals surface area contributed by atoms with Crippen LogP contribution in [0.1, 0.15) is 11.8 Å². The molecule has 0 amide bonds. The molecule has 0 spiro atoms. The number of hydrogen-bond acceptors (Lipinski definition) is 3. The molecule has 3 rings (SSSR count). The average Bonchev–Trinajstić information content (AvgIpc) is 2.95. The standard InChI is InChI=1S/C16H20N2S/c1-14-12-18(15-6-3-2-4-7-15)10-9-17(14)13-16-8-5-11-19-16/h2-8,11,14H,9-10,12-13H2,1H3/t14-/m0/s1. The summed E-state index contributed by atoms with van der Waals surface area (Å²) in [5.41, 5.74) is 1.35. The number of benzene rings is 1. The molecule has 100 valence electrons. The topological polar surface area (TPSA) is 6.48 Å². The van der Waals surface area contributed by atoms with Gasteiger partial charge in [-0.15, -0.1) is 11.3 Å². The van der Waals surface area contributed by atoms with Crippen LogP contribution in [0.3, 0.4) is 0 Å². The van der Waals surface area contributed by atoms with Crippen molar-refractivity contribution in [2.24, 2.45) is 0 Å². The molecule has 0 aliphatic carbocycles. The van der Waals surface area contributed by atoms with Crippen molar-refractivity contribution in [3.05, 3.63) is 52.7 Å². The minimum atomic E-state index is 0.607. The van der Waals surface area contributed by atoms with Crippen molar-refractivity contribution in [3.63, 3.8) is 0 Å². The lowest BCUT2D eigenvalue weighted by Crippen LogP contribution is -2.51. The molecule has 1 aliphatic heterocycles. The van der Waals surface area contributed by atoms with E-state index in [9.17, 15) is 0 Å². The highest BCUT2D eigenvalue weighted by Gasteiger charge is 2.23. The van der Waals surface area contributed by atoms with Gasteiger partial charge in [-0.2, -0.15) is 0 Å². The average molecular weight is 272 g/mol. The second-order valence-corrected chi connectivity index (χ2v) is 6.21. The number of anilines is 1. The van der Waals surface area contributed by atoms with Gasteiger partial charge >= 0.3 is 0 Å². The van der Waals surface area contributed by atoms with Crippen LogP contribution < -0.4 is 4.90 Å². The number of thiophene rings is 1. The van der Waals surface area contributed by atoms with Crippen LogP contribution in [0.2, 0.25) is 0 Å². The maximum atomic E-state index is 2.59. The summed E-state index contributed by atoms with van der Waals surface area (Å²) in [6, 6.07) is 15.7. The van der Waals surface area contributed by atoms with E-state index in [-0.39, 0.29) is 0 Å². The molecule has 1 aliphatic rings. The third kappa shape index (κ3) is 2.99. The van der Waals surface area contributed by atoms with Crippen LogP contribution in [-0.4, -0.2) is 30.6 Å². The smallest absolute Gasteiger partial charge is 0.0367 e. The fourth-order valence-electron chi connectivity index (χ4n) is 2.71.